The fourth-order valence-electron chi connectivity index (χ4n) is 1.92. The van der Waals surface area contributed by atoms with Crippen LogP contribution < -0.4 is 0 Å². The average Bonchev–Trinajstić information content (AvgIpc) is 2.54. The third-order valence-electron chi connectivity index (χ3n) is 3.16. The molecule has 0 aliphatic rings. The summed E-state index contributed by atoms with van der Waals surface area (Å²) in [6.45, 7) is 0. The molecular formula is C16H15NO4. The molecule has 5 heteroatoms. The summed E-state index contributed by atoms with van der Waals surface area (Å²) in [7, 11) is 2.94. The van der Waals surface area contributed by atoms with Crippen molar-refractivity contribution in [2.45, 2.75) is 0 Å². The van der Waals surface area contributed by atoms with Gasteiger partial charge in [0.1, 0.15) is 5.75 Å². The van der Waals surface area contributed by atoms with Crippen LogP contribution in [0, 0.1) is 0 Å². The molecule has 0 aliphatic heterocycles. The molecule has 0 atom stereocenters. The zero-order chi connectivity index (χ0) is 15.4. The van der Waals surface area contributed by atoms with E-state index in [2.05, 4.69) is 0 Å². The van der Waals surface area contributed by atoms with E-state index in [1.807, 2.05) is 6.07 Å². The Morgan fingerprint density at radius 1 is 1.19 bits per heavy atom. The van der Waals surface area contributed by atoms with Gasteiger partial charge in [0.15, 0.2) is 6.29 Å². The third-order valence-corrected chi connectivity index (χ3v) is 3.16. The van der Waals surface area contributed by atoms with Crippen LogP contribution in [-0.4, -0.2) is 36.5 Å². The molecule has 108 valence electrons. The predicted molar refractivity (Wildman–Crippen MR) is 78.0 cm³/mol. The topological polar surface area (TPSA) is 66.8 Å². The van der Waals surface area contributed by atoms with Crippen LogP contribution in [0.25, 0.3) is 11.1 Å². The molecular weight excluding hydrogens is 270 g/mol. The van der Waals surface area contributed by atoms with Gasteiger partial charge < -0.3 is 5.11 Å². The minimum atomic E-state index is -0.270. The van der Waals surface area contributed by atoms with Gasteiger partial charge in [0.25, 0.3) is 5.91 Å². The molecule has 0 radical (unpaired) electrons. The molecule has 0 saturated carbocycles. The largest absolute Gasteiger partial charge is 0.507 e. The molecule has 0 aromatic heterocycles. The molecule has 0 aliphatic carbocycles. The fraction of sp³-hybridized carbons (Fsp3) is 0.125. The third kappa shape index (κ3) is 3.09. The summed E-state index contributed by atoms with van der Waals surface area (Å²) in [6.07, 6.45) is 0.590. The van der Waals surface area contributed by atoms with Crippen molar-refractivity contribution in [3.63, 3.8) is 0 Å². The monoisotopic (exact) mass is 285 g/mol. The Morgan fingerprint density at radius 3 is 2.57 bits per heavy atom. The summed E-state index contributed by atoms with van der Waals surface area (Å²) >= 11 is 0. The molecule has 21 heavy (non-hydrogen) atoms. The van der Waals surface area contributed by atoms with E-state index in [-0.39, 0.29) is 17.2 Å². The number of phenolic OH excluding ortho intramolecular Hbond substituents is 1. The summed E-state index contributed by atoms with van der Waals surface area (Å²) < 4.78 is 0. The number of aldehydes is 1. The summed E-state index contributed by atoms with van der Waals surface area (Å²) in [5, 5.41) is 10.7. The molecule has 0 saturated heterocycles. The first kappa shape index (κ1) is 14.7. The van der Waals surface area contributed by atoms with Gasteiger partial charge in [-0.05, 0) is 35.4 Å². The zero-order valence-corrected chi connectivity index (χ0v) is 11.7. The number of hydrogen-bond donors (Lipinski definition) is 1. The van der Waals surface area contributed by atoms with Crippen LogP contribution in [0.3, 0.4) is 0 Å². The Hall–Kier alpha value is -2.66. The highest BCUT2D eigenvalue weighted by molar-refractivity contribution is 5.95. The predicted octanol–water partition coefficient (Wildman–Crippen LogP) is 2.51. The Kier molecular flexibility index (Phi) is 4.35. The van der Waals surface area contributed by atoms with Gasteiger partial charge in [-0.3, -0.25) is 14.4 Å². The van der Waals surface area contributed by atoms with Gasteiger partial charge >= 0.3 is 0 Å². The highest BCUT2D eigenvalue weighted by Gasteiger charge is 2.12. The quantitative estimate of drug-likeness (QED) is 0.692. The standard InChI is InChI=1S/C16H15NO4/c1-17(21-2)16(20)13-5-3-4-11(8-13)12-6-7-15(19)14(9-12)10-18/h3-10,19H,1-2H3. The van der Waals surface area contributed by atoms with Crippen LogP contribution in [0.5, 0.6) is 5.75 Å². The van der Waals surface area contributed by atoms with E-state index < -0.39 is 0 Å². The number of carbonyl (C=O) groups excluding carboxylic acids is 2. The summed E-state index contributed by atoms with van der Waals surface area (Å²) in [5.41, 5.74) is 2.19. The van der Waals surface area contributed by atoms with E-state index in [9.17, 15) is 14.7 Å². The molecule has 0 spiro atoms. The lowest BCUT2D eigenvalue weighted by molar-refractivity contribution is -0.0756. The number of benzene rings is 2. The maximum absolute atomic E-state index is 12.0. The minimum absolute atomic E-state index is 0.0694. The van der Waals surface area contributed by atoms with Crippen LogP contribution in [-0.2, 0) is 4.84 Å². The van der Waals surface area contributed by atoms with Crippen molar-refractivity contribution < 1.29 is 19.5 Å². The molecule has 2 aromatic rings. The number of rotatable bonds is 4. The van der Waals surface area contributed by atoms with Crippen molar-refractivity contribution in [2.75, 3.05) is 14.2 Å². The number of carbonyl (C=O) groups is 2. The highest BCUT2D eigenvalue weighted by atomic mass is 16.7. The van der Waals surface area contributed by atoms with Crippen LogP contribution in [0.4, 0.5) is 0 Å². The average molecular weight is 285 g/mol. The molecule has 0 fully saturated rings. The number of phenols is 1. The summed E-state index contributed by atoms with van der Waals surface area (Å²) in [5.74, 6) is -0.339. The van der Waals surface area contributed by atoms with Crippen molar-refractivity contribution in [2.24, 2.45) is 0 Å². The second kappa shape index (κ2) is 6.19. The van der Waals surface area contributed by atoms with E-state index >= 15 is 0 Å². The lowest BCUT2D eigenvalue weighted by atomic mass is 10.0. The van der Waals surface area contributed by atoms with Crippen molar-refractivity contribution in [3.8, 4) is 16.9 Å². The lowest BCUT2D eigenvalue weighted by Gasteiger charge is -2.14. The van der Waals surface area contributed by atoms with Crippen molar-refractivity contribution in [3.05, 3.63) is 53.6 Å². The smallest absolute Gasteiger partial charge is 0.277 e. The van der Waals surface area contributed by atoms with Gasteiger partial charge in [-0.25, -0.2) is 5.06 Å². The number of hydroxylamine groups is 2. The zero-order valence-electron chi connectivity index (χ0n) is 11.7. The summed E-state index contributed by atoms with van der Waals surface area (Å²) in [4.78, 5) is 27.8. The van der Waals surface area contributed by atoms with E-state index in [0.717, 1.165) is 16.2 Å². The lowest BCUT2D eigenvalue weighted by Crippen LogP contribution is -2.25. The summed E-state index contributed by atoms with van der Waals surface area (Å²) in [6, 6.07) is 11.7. The van der Waals surface area contributed by atoms with Gasteiger partial charge in [-0.1, -0.05) is 18.2 Å². The normalized spacial score (nSPS) is 10.2. The van der Waals surface area contributed by atoms with Gasteiger partial charge in [-0.2, -0.15) is 0 Å². The minimum Gasteiger partial charge on any atom is -0.507 e. The molecule has 2 aromatic carbocycles. The SMILES string of the molecule is CON(C)C(=O)c1cccc(-c2ccc(O)c(C=O)c2)c1. The van der Waals surface area contributed by atoms with E-state index in [4.69, 9.17) is 4.84 Å². The molecule has 1 amide bonds. The van der Waals surface area contributed by atoms with Crippen LogP contribution in [0.2, 0.25) is 0 Å². The number of hydrogen-bond acceptors (Lipinski definition) is 4. The maximum Gasteiger partial charge on any atom is 0.277 e. The second-order valence-electron chi connectivity index (χ2n) is 4.46. The van der Waals surface area contributed by atoms with Crippen molar-refractivity contribution in [1.29, 1.82) is 0 Å². The molecule has 0 heterocycles. The van der Waals surface area contributed by atoms with Crippen molar-refractivity contribution in [1.82, 2.24) is 5.06 Å². The number of amides is 1. The fourth-order valence-corrected chi connectivity index (χ4v) is 1.92. The first-order chi connectivity index (χ1) is 10.1. The molecule has 2 rings (SSSR count). The first-order valence-corrected chi connectivity index (χ1v) is 6.27. The van der Waals surface area contributed by atoms with E-state index in [1.54, 1.807) is 30.3 Å². The molecule has 0 bridgehead atoms. The van der Waals surface area contributed by atoms with E-state index in [1.165, 1.54) is 20.2 Å². The Labute approximate surface area is 122 Å². The molecule has 1 N–H and O–H groups in total. The molecule has 0 unspecified atom stereocenters. The van der Waals surface area contributed by atoms with Crippen LogP contribution >= 0.6 is 0 Å². The first-order valence-electron chi connectivity index (χ1n) is 6.27. The number of nitrogens with zero attached hydrogens (tertiary/aromatic N) is 1. The van der Waals surface area contributed by atoms with Gasteiger partial charge in [0, 0.05) is 12.6 Å². The second-order valence-corrected chi connectivity index (χ2v) is 4.46. The van der Waals surface area contributed by atoms with Crippen LogP contribution in [0.15, 0.2) is 42.5 Å². The van der Waals surface area contributed by atoms with E-state index in [0.29, 0.717) is 11.8 Å². The highest BCUT2D eigenvalue weighted by Crippen LogP contribution is 2.26. The molecule has 5 nitrogen and oxygen atoms in total. The van der Waals surface area contributed by atoms with Crippen molar-refractivity contribution >= 4 is 12.2 Å². The van der Waals surface area contributed by atoms with Gasteiger partial charge in [-0.15, -0.1) is 0 Å². The van der Waals surface area contributed by atoms with Gasteiger partial charge in [0.2, 0.25) is 0 Å². The van der Waals surface area contributed by atoms with Crippen LogP contribution in [0.1, 0.15) is 20.7 Å². The Balaban J connectivity index is 2.42. The number of aromatic hydroxyl groups is 1. The maximum atomic E-state index is 12.0. The van der Waals surface area contributed by atoms with Gasteiger partial charge in [0.05, 0.1) is 12.7 Å². The Morgan fingerprint density at radius 2 is 1.90 bits per heavy atom. The Bertz CT molecular complexity index is 682.